The van der Waals surface area contributed by atoms with Crippen molar-refractivity contribution in [2.75, 3.05) is 5.32 Å². The summed E-state index contributed by atoms with van der Waals surface area (Å²) in [6.45, 7) is 1.61. The van der Waals surface area contributed by atoms with Crippen molar-refractivity contribution in [3.8, 4) is 11.3 Å². The highest BCUT2D eigenvalue weighted by Crippen LogP contribution is 2.28. The number of hydrogen-bond donors (Lipinski definition) is 2. The molecule has 3 aromatic rings. The normalized spacial score (nSPS) is 10.6. The van der Waals surface area contributed by atoms with E-state index in [4.69, 9.17) is 21.1 Å². The fourth-order valence-electron chi connectivity index (χ4n) is 2.52. The van der Waals surface area contributed by atoms with Crippen LogP contribution in [0.25, 0.3) is 11.3 Å². The van der Waals surface area contributed by atoms with Gasteiger partial charge >= 0.3 is 0 Å². The Kier molecular flexibility index (Phi) is 5.25. The summed E-state index contributed by atoms with van der Waals surface area (Å²) in [6.07, 6.45) is 0. The summed E-state index contributed by atoms with van der Waals surface area (Å²) in [5, 5.41) is 22.9. The fourth-order valence-corrected chi connectivity index (χ4v) is 2.72. The van der Waals surface area contributed by atoms with Crippen LogP contribution in [0.4, 0.5) is 11.4 Å². The number of anilines is 1. The third kappa shape index (κ3) is 3.99. The van der Waals surface area contributed by atoms with E-state index >= 15 is 0 Å². The number of carbonyl (C=O) groups is 1. The fraction of sp³-hybridized carbons (Fsp3) is 0.105. The lowest BCUT2D eigenvalue weighted by Gasteiger charge is -2.11. The number of benzene rings is 2. The van der Waals surface area contributed by atoms with E-state index in [-0.39, 0.29) is 22.9 Å². The second-order valence-electron chi connectivity index (χ2n) is 5.83. The molecular weight excluding hydrogens is 372 g/mol. The van der Waals surface area contributed by atoms with E-state index in [2.05, 4.69) is 5.32 Å². The van der Waals surface area contributed by atoms with Crippen LogP contribution < -0.4 is 5.32 Å². The van der Waals surface area contributed by atoms with Crippen LogP contribution in [-0.4, -0.2) is 15.9 Å². The second kappa shape index (κ2) is 7.61. The highest BCUT2D eigenvalue weighted by molar-refractivity contribution is 6.34. The van der Waals surface area contributed by atoms with Crippen molar-refractivity contribution in [3.63, 3.8) is 0 Å². The number of rotatable bonds is 5. The monoisotopic (exact) mass is 386 g/mol. The minimum atomic E-state index is -0.589. The number of nitrogens with one attached hydrogen (secondary N) is 1. The minimum absolute atomic E-state index is 0.0104. The number of aliphatic hydroxyl groups is 1. The van der Waals surface area contributed by atoms with E-state index in [1.807, 2.05) is 13.0 Å². The Bertz CT molecular complexity index is 1030. The Labute approximate surface area is 159 Å². The van der Waals surface area contributed by atoms with E-state index < -0.39 is 10.8 Å². The molecule has 0 aliphatic heterocycles. The van der Waals surface area contributed by atoms with Crippen LogP contribution in [0, 0.1) is 17.0 Å². The molecule has 8 heteroatoms. The molecule has 2 N–H and O–H groups in total. The van der Waals surface area contributed by atoms with Crippen LogP contribution >= 0.6 is 11.6 Å². The van der Waals surface area contributed by atoms with E-state index in [0.717, 1.165) is 11.6 Å². The third-order valence-electron chi connectivity index (χ3n) is 3.99. The number of amides is 1. The van der Waals surface area contributed by atoms with Gasteiger partial charge in [0.15, 0.2) is 0 Å². The summed E-state index contributed by atoms with van der Waals surface area (Å²) in [6, 6.07) is 12.4. The lowest BCUT2D eigenvalue weighted by molar-refractivity contribution is -0.384. The number of nitro benzene ring substituents is 1. The highest BCUT2D eigenvalue weighted by atomic mass is 35.5. The smallest absolute Gasteiger partial charge is 0.270 e. The molecule has 0 fully saturated rings. The van der Waals surface area contributed by atoms with Gasteiger partial charge in [-0.1, -0.05) is 23.7 Å². The minimum Gasteiger partial charge on any atom is -0.459 e. The SMILES string of the molecule is Cc1ccc(-c2ccc(CO)o2)cc1NC(=O)c1cc([N+](=O)[O-])ccc1Cl. The molecule has 0 aliphatic carbocycles. The van der Waals surface area contributed by atoms with Crippen LogP contribution in [0.5, 0.6) is 0 Å². The zero-order valence-electron chi connectivity index (χ0n) is 14.2. The Balaban J connectivity index is 1.91. The Hall–Kier alpha value is -3.16. The van der Waals surface area contributed by atoms with Crippen LogP contribution in [-0.2, 0) is 6.61 Å². The summed E-state index contributed by atoms with van der Waals surface area (Å²) in [5.74, 6) is 0.418. The first-order valence-electron chi connectivity index (χ1n) is 7.95. The van der Waals surface area contributed by atoms with Crippen LogP contribution in [0.3, 0.4) is 0 Å². The van der Waals surface area contributed by atoms with Crippen molar-refractivity contribution < 1.29 is 19.2 Å². The molecule has 0 unspecified atom stereocenters. The molecule has 0 aliphatic rings. The van der Waals surface area contributed by atoms with Crippen molar-refractivity contribution >= 4 is 28.9 Å². The molecule has 0 bridgehead atoms. The van der Waals surface area contributed by atoms with Gasteiger partial charge in [0.2, 0.25) is 0 Å². The summed E-state index contributed by atoms with van der Waals surface area (Å²) in [5.41, 5.74) is 1.81. The third-order valence-corrected chi connectivity index (χ3v) is 4.32. The van der Waals surface area contributed by atoms with Gasteiger partial charge in [-0.05, 0) is 36.8 Å². The van der Waals surface area contributed by atoms with Crippen molar-refractivity contribution in [2.45, 2.75) is 13.5 Å². The van der Waals surface area contributed by atoms with E-state index in [1.54, 1.807) is 24.3 Å². The van der Waals surface area contributed by atoms with E-state index in [0.29, 0.717) is 22.8 Å². The van der Waals surface area contributed by atoms with Gasteiger partial charge in [0.1, 0.15) is 18.1 Å². The van der Waals surface area contributed by atoms with Crippen LogP contribution in [0.1, 0.15) is 21.7 Å². The molecule has 1 amide bonds. The summed E-state index contributed by atoms with van der Waals surface area (Å²) >= 11 is 6.03. The standard InChI is InChI=1S/C19H15ClN2O5/c1-11-2-3-12(18-7-5-14(10-23)27-18)8-17(11)21-19(24)15-9-13(22(25)26)4-6-16(15)20/h2-9,23H,10H2,1H3,(H,21,24). The van der Waals surface area contributed by atoms with Gasteiger partial charge in [-0.25, -0.2) is 0 Å². The maximum Gasteiger partial charge on any atom is 0.270 e. The van der Waals surface area contributed by atoms with Gasteiger partial charge in [-0.3, -0.25) is 14.9 Å². The number of halogens is 1. The molecule has 2 aromatic carbocycles. The quantitative estimate of drug-likeness (QED) is 0.493. The predicted molar refractivity (Wildman–Crippen MR) is 101 cm³/mol. The molecular formula is C19H15ClN2O5. The topological polar surface area (TPSA) is 106 Å². The average molecular weight is 387 g/mol. The molecule has 7 nitrogen and oxygen atoms in total. The summed E-state index contributed by atoms with van der Waals surface area (Å²) in [7, 11) is 0. The maximum absolute atomic E-state index is 12.6. The lowest BCUT2D eigenvalue weighted by atomic mass is 10.1. The van der Waals surface area contributed by atoms with Gasteiger partial charge in [-0.2, -0.15) is 0 Å². The van der Waals surface area contributed by atoms with E-state index in [1.165, 1.54) is 12.1 Å². The van der Waals surface area contributed by atoms with Gasteiger partial charge in [0.25, 0.3) is 11.6 Å². The van der Waals surface area contributed by atoms with Crippen molar-refractivity contribution in [1.29, 1.82) is 0 Å². The lowest BCUT2D eigenvalue weighted by Crippen LogP contribution is -2.13. The number of nitro groups is 1. The number of non-ortho nitro benzene ring substituents is 1. The highest BCUT2D eigenvalue weighted by Gasteiger charge is 2.17. The molecule has 27 heavy (non-hydrogen) atoms. The molecule has 0 spiro atoms. The Morgan fingerprint density at radius 3 is 2.67 bits per heavy atom. The first kappa shape index (κ1) is 18.6. The van der Waals surface area contributed by atoms with Gasteiger partial charge < -0.3 is 14.8 Å². The number of hydrogen-bond acceptors (Lipinski definition) is 5. The van der Waals surface area contributed by atoms with Gasteiger partial charge in [-0.15, -0.1) is 0 Å². The summed E-state index contributed by atoms with van der Waals surface area (Å²) < 4.78 is 5.51. The first-order chi connectivity index (χ1) is 12.9. The number of carbonyl (C=O) groups excluding carboxylic acids is 1. The van der Waals surface area contributed by atoms with Crippen molar-refractivity contribution in [2.24, 2.45) is 0 Å². The maximum atomic E-state index is 12.6. The van der Waals surface area contributed by atoms with Crippen LogP contribution in [0.15, 0.2) is 52.9 Å². The summed E-state index contributed by atoms with van der Waals surface area (Å²) in [4.78, 5) is 22.9. The molecule has 0 saturated carbocycles. The largest absolute Gasteiger partial charge is 0.459 e. The number of aryl methyl sites for hydroxylation is 1. The van der Waals surface area contributed by atoms with Crippen molar-refractivity contribution in [3.05, 3.63) is 80.6 Å². The second-order valence-corrected chi connectivity index (χ2v) is 6.24. The Morgan fingerprint density at radius 1 is 1.22 bits per heavy atom. The zero-order chi connectivity index (χ0) is 19.6. The molecule has 0 atom stereocenters. The molecule has 3 rings (SSSR count). The predicted octanol–water partition coefficient (Wildman–Crippen LogP) is 4.56. The van der Waals surface area contributed by atoms with E-state index in [9.17, 15) is 14.9 Å². The molecule has 1 aromatic heterocycles. The van der Waals surface area contributed by atoms with Gasteiger partial charge in [0, 0.05) is 23.4 Å². The molecule has 0 radical (unpaired) electrons. The zero-order valence-corrected chi connectivity index (χ0v) is 15.0. The number of furan rings is 1. The van der Waals surface area contributed by atoms with Crippen LogP contribution in [0.2, 0.25) is 5.02 Å². The molecule has 0 saturated heterocycles. The van der Waals surface area contributed by atoms with Crippen molar-refractivity contribution in [1.82, 2.24) is 0 Å². The first-order valence-corrected chi connectivity index (χ1v) is 8.32. The Morgan fingerprint density at radius 2 is 2.00 bits per heavy atom. The molecule has 1 heterocycles. The number of nitrogens with zero attached hydrogens (tertiary/aromatic N) is 1. The van der Waals surface area contributed by atoms with Gasteiger partial charge in [0.05, 0.1) is 15.5 Å². The number of aliphatic hydroxyl groups excluding tert-OH is 1. The average Bonchev–Trinajstić information content (AvgIpc) is 3.12. The molecule has 138 valence electrons.